The van der Waals surface area contributed by atoms with Gasteiger partial charge in [-0.15, -0.1) is 0 Å². The lowest BCUT2D eigenvalue weighted by Gasteiger charge is -2.07. The lowest BCUT2D eigenvalue weighted by atomic mass is 10.0. The molecule has 0 aromatic heterocycles. The van der Waals surface area contributed by atoms with Crippen molar-refractivity contribution in [3.8, 4) is 0 Å². The van der Waals surface area contributed by atoms with Crippen molar-refractivity contribution in [3.63, 3.8) is 0 Å². The molecule has 24 heavy (non-hydrogen) atoms. The van der Waals surface area contributed by atoms with E-state index in [9.17, 15) is 0 Å². The third-order valence-electron chi connectivity index (χ3n) is 5.32. The van der Waals surface area contributed by atoms with Crippen molar-refractivity contribution < 1.29 is 4.74 Å². The third-order valence-corrected chi connectivity index (χ3v) is 5.32. The molecule has 2 heteroatoms. The van der Waals surface area contributed by atoms with Crippen LogP contribution >= 0.6 is 0 Å². The van der Waals surface area contributed by atoms with Crippen molar-refractivity contribution >= 4 is 0 Å². The largest absolute Gasteiger partial charge is 0.380 e. The summed E-state index contributed by atoms with van der Waals surface area (Å²) in [5.74, 6) is 0. The van der Waals surface area contributed by atoms with Crippen LogP contribution in [0.4, 0.5) is 0 Å². The molecule has 1 aliphatic heterocycles. The van der Waals surface area contributed by atoms with E-state index in [4.69, 9.17) is 4.74 Å². The van der Waals surface area contributed by atoms with Gasteiger partial charge in [-0.2, -0.15) is 0 Å². The average Bonchev–Trinajstić information content (AvgIpc) is 2.59. The topological polar surface area (TPSA) is 21.3 Å². The van der Waals surface area contributed by atoms with Gasteiger partial charge in [0.05, 0.1) is 6.61 Å². The maximum Gasteiger partial charge on any atom is 0.0590 e. The first kappa shape index (κ1) is 22.0. The van der Waals surface area contributed by atoms with E-state index in [1.54, 1.807) is 0 Å². The summed E-state index contributed by atoms with van der Waals surface area (Å²) in [5, 5.41) is 3.51. The summed E-state index contributed by atoms with van der Waals surface area (Å²) >= 11 is 0. The lowest BCUT2D eigenvalue weighted by Crippen LogP contribution is -2.21. The minimum absolute atomic E-state index is 0.889. The van der Waals surface area contributed by atoms with Crippen LogP contribution in [0, 0.1) is 0 Å². The van der Waals surface area contributed by atoms with Crippen molar-refractivity contribution in [2.75, 3.05) is 26.3 Å². The third kappa shape index (κ3) is 16.8. The summed E-state index contributed by atoms with van der Waals surface area (Å²) in [6.45, 7) is 4.05. The molecule has 1 N–H and O–H groups in total. The fraction of sp³-hybridized carbons (Fsp3) is 1.00. The van der Waals surface area contributed by atoms with E-state index >= 15 is 0 Å². The van der Waals surface area contributed by atoms with E-state index in [2.05, 4.69) is 5.32 Å². The second-order valence-corrected chi connectivity index (χ2v) is 7.73. The van der Waals surface area contributed by atoms with Crippen molar-refractivity contribution in [2.24, 2.45) is 0 Å². The first-order chi connectivity index (χ1) is 12.0. The maximum atomic E-state index is 5.71. The zero-order valence-electron chi connectivity index (χ0n) is 16.5. The van der Waals surface area contributed by atoms with Gasteiger partial charge in [0.2, 0.25) is 0 Å². The van der Waals surface area contributed by atoms with Crippen molar-refractivity contribution in [2.45, 2.75) is 116 Å². The molecule has 0 unspecified atom stereocenters. The monoisotopic (exact) mass is 339 g/mol. The number of rotatable bonds is 0. The average molecular weight is 340 g/mol. The second kappa shape index (κ2) is 19.2. The Labute approximate surface area is 152 Å². The predicted molar refractivity (Wildman–Crippen MR) is 107 cm³/mol. The molecule has 0 aliphatic carbocycles. The van der Waals surface area contributed by atoms with Crippen LogP contribution in [0.2, 0.25) is 0 Å². The highest BCUT2D eigenvalue weighted by Gasteiger charge is 1.96. The van der Waals surface area contributed by atoms with E-state index in [1.807, 2.05) is 0 Å². The van der Waals surface area contributed by atoms with Gasteiger partial charge in [0, 0.05) is 13.2 Å². The number of ether oxygens (including phenoxy) is 1. The molecule has 0 atom stereocenters. The number of nitrogens with one attached hydrogen (secondary N) is 1. The van der Waals surface area contributed by atoms with E-state index in [1.165, 1.54) is 122 Å². The molecule has 0 saturated carbocycles. The van der Waals surface area contributed by atoms with Gasteiger partial charge in [-0.1, -0.05) is 103 Å². The van der Waals surface area contributed by atoms with Crippen LogP contribution in [-0.2, 0) is 4.74 Å². The molecular weight excluding hydrogens is 294 g/mol. The van der Waals surface area contributed by atoms with E-state index in [0.29, 0.717) is 0 Å². The molecule has 144 valence electrons. The first-order valence-corrected chi connectivity index (χ1v) is 11.3. The Kier molecular flexibility index (Phi) is 17.6. The second-order valence-electron chi connectivity index (χ2n) is 7.73. The molecule has 1 heterocycles. The summed E-state index contributed by atoms with van der Waals surface area (Å²) in [5.41, 5.74) is 0. The van der Waals surface area contributed by atoms with E-state index in [-0.39, 0.29) is 0 Å². The Morgan fingerprint density at radius 3 is 1.17 bits per heavy atom. The van der Waals surface area contributed by atoms with Crippen molar-refractivity contribution in [1.29, 1.82) is 0 Å². The van der Waals surface area contributed by atoms with E-state index < -0.39 is 0 Å². The normalized spacial score (nSPS) is 24.0. The SMILES string of the molecule is C1CCCCCCCCCCOCCNCCCCCCCCC1. The fourth-order valence-electron chi connectivity index (χ4n) is 3.65. The zero-order chi connectivity index (χ0) is 17.0. The van der Waals surface area contributed by atoms with Crippen molar-refractivity contribution in [3.05, 3.63) is 0 Å². The molecule has 0 aromatic rings. The van der Waals surface area contributed by atoms with E-state index in [0.717, 1.165) is 19.8 Å². The molecule has 1 aliphatic rings. The highest BCUT2D eigenvalue weighted by Crippen LogP contribution is 2.14. The Balaban J connectivity index is 2.00. The predicted octanol–water partition coefficient (Wildman–Crippen LogP) is 6.63. The fourth-order valence-corrected chi connectivity index (χ4v) is 3.65. The molecule has 0 bridgehead atoms. The van der Waals surface area contributed by atoms with Gasteiger partial charge < -0.3 is 10.1 Å². The molecule has 0 amide bonds. The molecule has 2 nitrogen and oxygen atoms in total. The van der Waals surface area contributed by atoms with Crippen LogP contribution in [0.1, 0.15) is 116 Å². The van der Waals surface area contributed by atoms with Gasteiger partial charge in [0.15, 0.2) is 0 Å². The minimum atomic E-state index is 0.889. The summed E-state index contributed by atoms with van der Waals surface area (Å²) in [6.07, 6.45) is 25.7. The summed E-state index contributed by atoms with van der Waals surface area (Å²) in [7, 11) is 0. The van der Waals surface area contributed by atoms with Crippen LogP contribution < -0.4 is 5.32 Å². The Morgan fingerprint density at radius 2 is 0.708 bits per heavy atom. The van der Waals surface area contributed by atoms with Gasteiger partial charge in [-0.3, -0.25) is 0 Å². The highest BCUT2D eigenvalue weighted by atomic mass is 16.5. The molecule has 1 fully saturated rings. The van der Waals surface area contributed by atoms with Gasteiger partial charge in [0.1, 0.15) is 0 Å². The molecular formula is C22H45NO. The van der Waals surface area contributed by atoms with Crippen LogP contribution in [0.15, 0.2) is 0 Å². The summed E-state index contributed by atoms with van der Waals surface area (Å²) < 4.78 is 5.71. The lowest BCUT2D eigenvalue weighted by molar-refractivity contribution is 0.131. The van der Waals surface area contributed by atoms with Gasteiger partial charge >= 0.3 is 0 Å². The Morgan fingerprint density at radius 1 is 0.333 bits per heavy atom. The number of hydrogen-bond donors (Lipinski definition) is 1. The number of hydrogen-bond acceptors (Lipinski definition) is 2. The standard InChI is InChI=1S/C22H45NO/c1-2-4-6-8-10-12-14-16-18-21-24-22-20-23-19-17-15-13-11-9-7-5-3-1/h23H,1-22H2. The van der Waals surface area contributed by atoms with Gasteiger partial charge in [-0.05, 0) is 19.4 Å². The molecule has 0 radical (unpaired) electrons. The smallest absolute Gasteiger partial charge is 0.0590 e. The van der Waals surface area contributed by atoms with Crippen LogP contribution in [0.3, 0.4) is 0 Å². The molecule has 1 saturated heterocycles. The van der Waals surface area contributed by atoms with Gasteiger partial charge in [-0.25, -0.2) is 0 Å². The summed E-state index contributed by atoms with van der Waals surface area (Å²) in [4.78, 5) is 0. The first-order valence-electron chi connectivity index (χ1n) is 11.3. The van der Waals surface area contributed by atoms with Crippen LogP contribution in [0.5, 0.6) is 0 Å². The minimum Gasteiger partial charge on any atom is -0.380 e. The Hall–Kier alpha value is -0.0800. The molecule has 0 aromatic carbocycles. The maximum absolute atomic E-state index is 5.71. The highest BCUT2D eigenvalue weighted by molar-refractivity contribution is 4.52. The molecule has 1 rings (SSSR count). The quantitative estimate of drug-likeness (QED) is 0.535. The Bertz CT molecular complexity index is 122. The van der Waals surface area contributed by atoms with Crippen LogP contribution in [-0.4, -0.2) is 26.3 Å². The van der Waals surface area contributed by atoms with Gasteiger partial charge in [0.25, 0.3) is 0 Å². The van der Waals surface area contributed by atoms with Crippen LogP contribution in [0.25, 0.3) is 0 Å². The zero-order valence-corrected chi connectivity index (χ0v) is 16.5. The molecule has 0 spiro atoms. The summed E-state index contributed by atoms with van der Waals surface area (Å²) in [6, 6.07) is 0. The van der Waals surface area contributed by atoms with Crippen molar-refractivity contribution in [1.82, 2.24) is 5.32 Å².